The summed E-state index contributed by atoms with van der Waals surface area (Å²) in [6.45, 7) is 0. The predicted molar refractivity (Wildman–Crippen MR) is 72.3 cm³/mol. The standard InChI is InChI=1S/C14H24N4/c15-11-3-1-4-12(9-11)17-13-5-2-6-14(13)18-8-7-16-10-18/h7-8,10-14,17H,1-6,9,15H2. The number of nitrogens with zero attached hydrogens (tertiary/aromatic N) is 2. The smallest absolute Gasteiger partial charge is 0.0949 e. The number of hydrogen-bond acceptors (Lipinski definition) is 3. The molecule has 3 rings (SSSR count). The first kappa shape index (κ1) is 12.2. The first-order valence-electron chi connectivity index (χ1n) is 7.32. The largest absolute Gasteiger partial charge is 0.333 e. The van der Waals surface area contributed by atoms with Crippen molar-refractivity contribution in [3.8, 4) is 0 Å². The van der Waals surface area contributed by atoms with E-state index in [-0.39, 0.29) is 0 Å². The van der Waals surface area contributed by atoms with Crippen molar-refractivity contribution in [1.82, 2.24) is 14.9 Å². The molecule has 0 spiro atoms. The van der Waals surface area contributed by atoms with Crippen LogP contribution in [0.15, 0.2) is 18.7 Å². The number of imidazole rings is 1. The van der Waals surface area contributed by atoms with E-state index >= 15 is 0 Å². The summed E-state index contributed by atoms with van der Waals surface area (Å²) < 4.78 is 2.27. The summed E-state index contributed by atoms with van der Waals surface area (Å²) in [5.74, 6) is 0. The fraction of sp³-hybridized carbons (Fsp3) is 0.786. The van der Waals surface area contributed by atoms with Crippen molar-refractivity contribution in [1.29, 1.82) is 0 Å². The number of nitrogens with one attached hydrogen (secondary N) is 1. The van der Waals surface area contributed by atoms with Gasteiger partial charge in [-0.25, -0.2) is 4.98 Å². The number of nitrogens with two attached hydrogens (primary N) is 1. The van der Waals surface area contributed by atoms with E-state index in [1.54, 1.807) is 0 Å². The van der Waals surface area contributed by atoms with Gasteiger partial charge in [-0.2, -0.15) is 0 Å². The van der Waals surface area contributed by atoms with Crippen molar-refractivity contribution in [2.75, 3.05) is 0 Å². The zero-order valence-electron chi connectivity index (χ0n) is 11.0. The Hall–Kier alpha value is -0.870. The number of hydrogen-bond donors (Lipinski definition) is 2. The molecule has 3 N–H and O–H groups in total. The van der Waals surface area contributed by atoms with Crippen LogP contribution in [-0.4, -0.2) is 27.7 Å². The van der Waals surface area contributed by atoms with Gasteiger partial charge in [0.15, 0.2) is 0 Å². The second-order valence-electron chi connectivity index (χ2n) is 5.90. The number of aromatic nitrogens is 2. The lowest BCUT2D eigenvalue weighted by Crippen LogP contribution is -2.45. The van der Waals surface area contributed by atoms with Gasteiger partial charge in [0.05, 0.1) is 6.33 Å². The zero-order chi connectivity index (χ0) is 12.4. The van der Waals surface area contributed by atoms with Gasteiger partial charge in [0.1, 0.15) is 0 Å². The molecule has 0 aromatic carbocycles. The summed E-state index contributed by atoms with van der Waals surface area (Å²) in [6.07, 6.45) is 14.7. The Balaban J connectivity index is 1.61. The molecule has 2 aliphatic rings. The third kappa shape index (κ3) is 2.59. The Morgan fingerprint density at radius 2 is 2.06 bits per heavy atom. The lowest BCUT2D eigenvalue weighted by molar-refractivity contribution is 0.282. The third-order valence-corrected chi connectivity index (χ3v) is 4.55. The van der Waals surface area contributed by atoms with Crippen LogP contribution >= 0.6 is 0 Å². The van der Waals surface area contributed by atoms with Crippen molar-refractivity contribution >= 4 is 0 Å². The van der Waals surface area contributed by atoms with Gasteiger partial charge in [0.25, 0.3) is 0 Å². The second-order valence-corrected chi connectivity index (χ2v) is 5.90. The van der Waals surface area contributed by atoms with Gasteiger partial charge >= 0.3 is 0 Å². The molecule has 1 aromatic rings. The molecule has 1 heterocycles. The van der Waals surface area contributed by atoms with Gasteiger partial charge in [-0.05, 0) is 38.5 Å². The van der Waals surface area contributed by atoms with E-state index < -0.39 is 0 Å². The SMILES string of the molecule is NC1CCCC(NC2CCCC2n2ccnc2)C1. The summed E-state index contributed by atoms with van der Waals surface area (Å²) in [6, 6.07) is 2.23. The number of rotatable bonds is 3. The Labute approximate surface area is 109 Å². The minimum Gasteiger partial charge on any atom is -0.333 e. The van der Waals surface area contributed by atoms with Crippen LogP contribution in [0.4, 0.5) is 0 Å². The third-order valence-electron chi connectivity index (χ3n) is 4.55. The molecule has 18 heavy (non-hydrogen) atoms. The van der Waals surface area contributed by atoms with Crippen LogP contribution in [0, 0.1) is 0 Å². The summed E-state index contributed by atoms with van der Waals surface area (Å²) in [4.78, 5) is 4.18. The van der Waals surface area contributed by atoms with Gasteiger partial charge in [-0.3, -0.25) is 0 Å². The van der Waals surface area contributed by atoms with E-state index in [0.29, 0.717) is 24.2 Å². The monoisotopic (exact) mass is 248 g/mol. The highest BCUT2D eigenvalue weighted by Gasteiger charge is 2.31. The molecule has 1 aromatic heterocycles. The maximum atomic E-state index is 6.07. The summed E-state index contributed by atoms with van der Waals surface area (Å²) in [5, 5.41) is 3.86. The van der Waals surface area contributed by atoms with Crippen LogP contribution in [0.1, 0.15) is 51.0 Å². The molecule has 4 unspecified atom stereocenters. The van der Waals surface area contributed by atoms with E-state index in [4.69, 9.17) is 5.73 Å². The normalized spacial score (nSPS) is 36.9. The van der Waals surface area contributed by atoms with Crippen LogP contribution in [0.3, 0.4) is 0 Å². The van der Waals surface area contributed by atoms with Gasteiger partial charge in [-0.1, -0.05) is 6.42 Å². The van der Waals surface area contributed by atoms with Gasteiger partial charge in [0.2, 0.25) is 0 Å². The van der Waals surface area contributed by atoms with Gasteiger partial charge in [-0.15, -0.1) is 0 Å². The van der Waals surface area contributed by atoms with E-state index in [2.05, 4.69) is 21.1 Å². The Bertz CT molecular complexity index is 362. The Morgan fingerprint density at radius 1 is 1.17 bits per heavy atom. The van der Waals surface area contributed by atoms with E-state index in [1.165, 1.54) is 38.5 Å². The molecule has 0 aliphatic heterocycles. The maximum absolute atomic E-state index is 6.07. The summed E-state index contributed by atoms with van der Waals surface area (Å²) >= 11 is 0. The quantitative estimate of drug-likeness (QED) is 0.858. The van der Waals surface area contributed by atoms with Crippen LogP contribution < -0.4 is 11.1 Å². The molecule has 2 aliphatic carbocycles. The van der Waals surface area contributed by atoms with Crippen LogP contribution in [0.25, 0.3) is 0 Å². The molecule has 4 atom stereocenters. The molecular formula is C14H24N4. The van der Waals surface area contributed by atoms with Crippen LogP contribution in [-0.2, 0) is 0 Å². The molecule has 0 bridgehead atoms. The minimum absolute atomic E-state index is 0.407. The van der Waals surface area contributed by atoms with Crippen molar-refractivity contribution in [2.45, 2.75) is 69.1 Å². The van der Waals surface area contributed by atoms with Crippen LogP contribution in [0.5, 0.6) is 0 Å². The average molecular weight is 248 g/mol. The lowest BCUT2D eigenvalue weighted by Gasteiger charge is -2.32. The molecule has 0 amide bonds. The van der Waals surface area contributed by atoms with Crippen molar-refractivity contribution in [2.24, 2.45) is 5.73 Å². The van der Waals surface area contributed by atoms with Gasteiger partial charge < -0.3 is 15.6 Å². The fourth-order valence-electron chi connectivity index (χ4n) is 3.64. The van der Waals surface area contributed by atoms with E-state index in [0.717, 1.165) is 6.42 Å². The average Bonchev–Trinajstić information content (AvgIpc) is 2.98. The van der Waals surface area contributed by atoms with E-state index in [9.17, 15) is 0 Å². The molecule has 4 nitrogen and oxygen atoms in total. The molecule has 0 radical (unpaired) electrons. The fourth-order valence-corrected chi connectivity index (χ4v) is 3.64. The van der Waals surface area contributed by atoms with Crippen molar-refractivity contribution < 1.29 is 0 Å². The van der Waals surface area contributed by atoms with E-state index in [1.807, 2.05) is 12.5 Å². The topological polar surface area (TPSA) is 55.9 Å². The molecular weight excluding hydrogens is 224 g/mol. The Kier molecular flexibility index (Phi) is 3.66. The lowest BCUT2D eigenvalue weighted by atomic mass is 9.91. The predicted octanol–water partition coefficient (Wildman–Crippen LogP) is 1.84. The van der Waals surface area contributed by atoms with Gasteiger partial charge in [0, 0.05) is 36.6 Å². The second kappa shape index (κ2) is 5.41. The molecule has 100 valence electrons. The highest BCUT2D eigenvalue weighted by molar-refractivity contribution is 4.94. The summed E-state index contributed by atoms with van der Waals surface area (Å²) in [7, 11) is 0. The van der Waals surface area contributed by atoms with Crippen LogP contribution in [0.2, 0.25) is 0 Å². The maximum Gasteiger partial charge on any atom is 0.0949 e. The Morgan fingerprint density at radius 3 is 2.83 bits per heavy atom. The van der Waals surface area contributed by atoms with Crippen molar-refractivity contribution in [3.05, 3.63) is 18.7 Å². The highest BCUT2D eigenvalue weighted by atomic mass is 15.1. The zero-order valence-corrected chi connectivity index (χ0v) is 11.0. The first-order valence-corrected chi connectivity index (χ1v) is 7.32. The minimum atomic E-state index is 0.407. The molecule has 2 fully saturated rings. The first-order chi connectivity index (χ1) is 8.83. The molecule has 0 saturated heterocycles. The highest BCUT2D eigenvalue weighted by Crippen LogP contribution is 2.31. The van der Waals surface area contributed by atoms with Crippen molar-refractivity contribution in [3.63, 3.8) is 0 Å². The molecule has 4 heteroatoms. The summed E-state index contributed by atoms with van der Waals surface area (Å²) in [5.41, 5.74) is 6.07. The molecule has 2 saturated carbocycles.